The van der Waals surface area contributed by atoms with Crippen LogP contribution >= 0.6 is 0 Å². The fourth-order valence-electron chi connectivity index (χ4n) is 3.65. The summed E-state index contributed by atoms with van der Waals surface area (Å²) in [5, 5.41) is 3.36. The van der Waals surface area contributed by atoms with Gasteiger partial charge in [0.05, 0.1) is 24.5 Å². The van der Waals surface area contributed by atoms with E-state index in [1.165, 1.54) is 6.08 Å². The van der Waals surface area contributed by atoms with E-state index in [4.69, 9.17) is 4.74 Å². The first-order chi connectivity index (χ1) is 15.4. The van der Waals surface area contributed by atoms with Crippen molar-refractivity contribution < 1.29 is 14.3 Å². The zero-order valence-electron chi connectivity index (χ0n) is 19.7. The lowest BCUT2D eigenvalue weighted by atomic mass is 10.0. The average molecular weight is 443 g/mol. The van der Waals surface area contributed by atoms with Crippen LogP contribution in [0.5, 0.6) is 0 Å². The van der Waals surface area contributed by atoms with Gasteiger partial charge in [0.15, 0.2) is 5.82 Å². The highest BCUT2D eigenvalue weighted by atomic mass is 16.5. The summed E-state index contributed by atoms with van der Waals surface area (Å²) in [5.74, 6) is 0.985. The molecule has 1 aromatic rings. The fourth-order valence-corrected chi connectivity index (χ4v) is 3.65. The van der Waals surface area contributed by atoms with E-state index in [-0.39, 0.29) is 11.9 Å². The summed E-state index contributed by atoms with van der Waals surface area (Å²) in [6.45, 7) is 8.66. The van der Waals surface area contributed by atoms with Crippen molar-refractivity contribution in [3.63, 3.8) is 0 Å². The van der Waals surface area contributed by atoms with Gasteiger partial charge in [-0.05, 0) is 32.3 Å². The molecule has 0 aliphatic carbocycles. The normalized spacial score (nSPS) is 17.7. The van der Waals surface area contributed by atoms with Crippen molar-refractivity contribution in [3.8, 4) is 0 Å². The highest BCUT2D eigenvalue weighted by Gasteiger charge is 2.27. The van der Waals surface area contributed by atoms with E-state index in [0.29, 0.717) is 36.2 Å². The summed E-state index contributed by atoms with van der Waals surface area (Å²) >= 11 is 0. The fraction of sp³-hybridized carbons (Fsp3) is 0.478. The van der Waals surface area contributed by atoms with Crippen LogP contribution in [0.4, 0.5) is 0 Å². The molecule has 1 aromatic heterocycles. The second kappa shape index (κ2) is 11.9. The Bertz CT molecular complexity index is 915. The van der Waals surface area contributed by atoms with E-state index in [2.05, 4.69) is 21.9 Å². The van der Waals surface area contributed by atoms with Gasteiger partial charge in [-0.1, -0.05) is 19.6 Å². The number of hydrogen-bond donors (Lipinski definition) is 1. The first-order valence-corrected chi connectivity index (χ1v) is 10.7. The Labute approximate surface area is 190 Å². The molecule has 1 fully saturated rings. The first-order valence-electron chi connectivity index (χ1n) is 10.7. The van der Waals surface area contributed by atoms with Crippen LogP contribution in [0.25, 0.3) is 5.70 Å². The van der Waals surface area contributed by atoms with Crippen molar-refractivity contribution in [3.05, 3.63) is 48.3 Å². The zero-order chi connectivity index (χ0) is 23.7. The number of nitrogens with one attached hydrogen (secondary N) is 1. The quantitative estimate of drug-likeness (QED) is 0.274. The lowest BCUT2D eigenvalue weighted by Crippen LogP contribution is -2.47. The number of carbonyl (C=O) groups excluding carboxylic acids is 2. The number of aromatic nitrogens is 2. The van der Waals surface area contributed by atoms with E-state index in [9.17, 15) is 9.59 Å². The smallest absolute Gasteiger partial charge is 0.246 e. The van der Waals surface area contributed by atoms with Gasteiger partial charge < -0.3 is 24.4 Å². The van der Waals surface area contributed by atoms with Gasteiger partial charge in [0, 0.05) is 45.3 Å². The van der Waals surface area contributed by atoms with Crippen molar-refractivity contribution >= 4 is 23.9 Å². The number of hydrogen-bond acceptors (Lipinski definition) is 6. The Morgan fingerprint density at radius 3 is 2.78 bits per heavy atom. The van der Waals surface area contributed by atoms with Crippen molar-refractivity contribution in [2.45, 2.75) is 39.2 Å². The Morgan fingerprint density at radius 1 is 1.50 bits per heavy atom. The number of imidazole rings is 1. The van der Waals surface area contributed by atoms with Crippen molar-refractivity contribution in [2.75, 3.05) is 27.2 Å². The third-order valence-corrected chi connectivity index (χ3v) is 5.47. The number of carbonyl (C=O) groups is 2. The minimum absolute atomic E-state index is 0.125. The van der Waals surface area contributed by atoms with E-state index < -0.39 is 0 Å². The van der Waals surface area contributed by atoms with Crippen LogP contribution in [0.15, 0.2) is 41.8 Å². The molecule has 9 nitrogen and oxygen atoms in total. The van der Waals surface area contributed by atoms with Crippen LogP contribution in [-0.4, -0.2) is 70.9 Å². The monoisotopic (exact) mass is 442 g/mol. The first kappa shape index (κ1) is 24.9. The molecule has 1 unspecified atom stereocenters. The summed E-state index contributed by atoms with van der Waals surface area (Å²) in [6, 6.07) is -0.149. The predicted molar refractivity (Wildman–Crippen MR) is 126 cm³/mol. The van der Waals surface area contributed by atoms with Crippen molar-refractivity contribution in [2.24, 2.45) is 12.0 Å². The molecule has 9 heteroatoms. The second-order valence-electron chi connectivity index (χ2n) is 7.55. The van der Waals surface area contributed by atoms with Gasteiger partial charge in [-0.2, -0.15) is 0 Å². The van der Waals surface area contributed by atoms with E-state index in [0.717, 1.165) is 31.4 Å². The minimum atomic E-state index is -0.149. The summed E-state index contributed by atoms with van der Waals surface area (Å²) in [6.07, 6.45) is 9.94. The third kappa shape index (κ3) is 5.87. The number of methoxy groups -OCH3 is 1. The number of amides is 2. The molecule has 2 heterocycles. The molecular weight excluding hydrogens is 408 g/mol. The maximum atomic E-state index is 12.1. The van der Waals surface area contributed by atoms with Gasteiger partial charge in [-0.25, -0.2) is 4.98 Å². The maximum Gasteiger partial charge on any atom is 0.246 e. The Hall–Kier alpha value is -3.36. The van der Waals surface area contributed by atoms with Crippen LogP contribution in [0.3, 0.4) is 0 Å². The lowest BCUT2D eigenvalue weighted by molar-refractivity contribution is -0.129. The molecule has 1 atom stereocenters. The highest BCUT2D eigenvalue weighted by molar-refractivity contribution is 5.94. The highest BCUT2D eigenvalue weighted by Crippen LogP contribution is 2.20. The van der Waals surface area contributed by atoms with Crippen LogP contribution in [0, 0.1) is 6.92 Å². The molecular formula is C23H34N6O3. The standard InChI is InChI=1S/C23H34N6O3/c1-7-10-19(23(24-4)32-6)26-20(22-25-13-17(3)27(22)5)15-29(16-30)18-11-9-12-28(14-18)21(31)8-2/h8,10,13,15-16,18,26H,2,7,9,11-12,14H2,1,3-6H3/b19-10+,20-15+,24-23?. The molecule has 2 rings (SSSR count). The summed E-state index contributed by atoms with van der Waals surface area (Å²) in [7, 11) is 5.13. The number of rotatable bonds is 9. The molecule has 0 saturated carbocycles. The van der Waals surface area contributed by atoms with Crippen LogP contribution < -0.4 is 5.32 Å². The van der Waals surface area contributed by atoms with Crippen molar-refractivity contribution in [1.29, 1.82) is 0 Å². The molecule has 1 aliphatic heterocycles. The molecule has 1 aliphatic rings. The van der Waals surface area contributed by atoms with Gasteiger partial charge in [0.25, 0.3) is 0 Å². The maximum absolute atomic E-state index is 12.1. The van der Waals surface area contributed by atoms with E-state index in [1.54, 1.807) is 36.4 Å². The number of aryl methyl sites for hydroxylation is 1. The van der Waals surface area contributed by atoms with Gasteiger partial charge in [-0.3, -0.25) is 14.6 Å². The molecule has 1 saturated heterocycles. The summed E-state index contributed by atoms with van der Waals surface area (Å²) in [5.41, 5.74) is 2.28. The summed E-state index contributed by atoms with van der Waals surface area (Å²) in [4.78, 5) is 36.3. The largest absolute Gasteiger partial charge is 0.480 e. The van der Waals surface area contributed by atoms with Crippen LogP contribution in [0.2, 0.25) is 0 Å². The number of aliphatic imine (C=N–C) groups is 1. The zero-order valence-corrected chi connectivity index (χ0v) is 19.7. The van der Waals surface area contributed by atoms with E-state index >= 15 is 0 Å². The molecule has 0 aromatic carbocycles. The molecule has 0 bridgehead atoms. The number of ether oxygens (including phenoxy) is 1. The molecule has 2 amide bonds. The van der Waals surface area contributed by atoms with Gasteiger partial charge in [-0.15, -0.1) is 0 Å². The topological polar surface area (TPSA) is 92.1 Å². The Balaban J connectivity index is 2.46. The van der Waals surface area contributed by atoms with Crippen LogP contribution in [0.1, 0.15) is 37.7 Å². The minimum Gasteiger partial charge on any atom is -0.480 e. The van der Waals surface area contributed by atoms with Gasteiger partial charge in [0.2, 0.25) is 18.2 Å². The Kier molecular flexibility index (Phi) is 9.24. The molecule has 0 spiro atoms. The van der Waals surface area contributed by atoms with Crippen LogP contribution in [-0.2, 0) is 21.4 Å². The number of likely N-dealkylation sites (tertiary alicyclic amines) is 1. The molecule has 0 radical (unpaired) electrons. The molecule has 32 heavy (non-hydrogen) atoms. The number of piperidine rings is 1. The van der Waals surface area contributed by atoms with Gasteiger partial charge >= 0.3 is 0 Å². The van der Waals surface area contributed by atoms with Gasteiger partial charge in [0.1, 0.15) is 0 Å². The molecule has 1 N–H and O–H groups in total. The second-order valence-corrected chi connectivity index (χ2v) is 7.55. The lowest BCUT2D eigenvalue weighted by Gasteiger charge is -2.36. The average Bonchev–Trinajstić information content (AvgIpc) is 3.15. The predicted octanol–water partition coefficient (Wildman–Crippen LogP) is 2.22. The van der Waals surface area contributed by atoms with Crippen molar-refractivity contribution in [1.82, 2.24) is 24.7 Å². The number of allylic oxidation sites excluding steroid dienone is 1. The molecule has 174 valence electrons. The number of nitrogens with zero attached hydrogens (tertiary/aromatic N) is 5. The third-order valence-electron chi connectivity index (χ3n) is 5.47. The summed E-state index contributed by atoms with van der Waals surface area (Å²) < 4.78 is 7.35. The van der Waals surface area contributed by atoms with E-state index in [1.807, 2.05) is 31.5 Å². The Morgan fingerprint density at radius 2 is 2.25 bits per heavy atom. The SMILES string of the molecule is C=CC(=O)N1CCCC(N(C=O)/C=C(/N/C(=C/CC)C(=NC)OC)c2ncc(C)n2C)C1.